The second-order valence-corrected chi connectivity index (χ2v) is 5.71. The molecule has 0 fully saturated rings. The second-order valence-electron chi connectivity index (χ2n) is 5.71. The maximum atomic E-state index is 11.7. The van der Waals surface area contributed by atoms with Gasteiger partial charge in [0.2, 0.25) is 0 Å². The van der Waals surface area contributed by atoms with Crippen molar-refractivity contribution in [2.75, 3.05) is 12.4 Å². The maximum Gasteiger partial charge on any atom is 0.337 e. The second kappa shape index (κ2) is 7.11. The smallest absolute Gasteiger partial charge is 0.337 e. The Labute approximate surface area is 135 Å². The molecular formula is C17H16N4O2. The third kappa shape index (κ3) is 4.09. The van der Waals surface area contributed by atoms with Crippen LogP contribution in [0.4, 0.5) is 5.69 Å². The molecule has 0 aliphatic rings. The van der Waals surface area contributed by atoms with Crippen LogP contribution in [0.2, 0.25) is 0 Å². The molecule has 1 aromatic rings. The normalized spacial score (nSPS) is 9.78. The lowest BCUT2D eigenvalue weighted by Crippen LogP contribution is -2.16. The summed E-state index contributed by atoms with van der Waals surface area (Å²) in [5.41, 5.74) is 0.905. The minimum Gasteiger partial charge on any atom is -0.465 e. The van der Waals surface area contributed by atoms with Crippen LogP contribution in [-0.2, 0) is 10.2 Å². The molecule has 0 heterocycles. The molecule has 1 rings (SSSR count). The largest absolute Gasteiger partial charge is 0.465 e. The molecule has 0 amide bonds. The number of ether oxygens (including phenoxy) is 1. The van der Waals surface area contributed by atoms with Crippen LogP contribution in [0.25, 0.3) is 0 Å². The van der Waals surface area contributed by atoms with Gasteiger partial charge in [-0.2, -0.15) is 15.8 Å². The van der Waals surface area contributed by atoms with Gasteiger partial charge in [0.1, 0.15) is 23.9 Å². The number of methoxy groups -OCH3 is 1. The molecule has 23 heavy (non-hydrogen) atoms. The van der Waals surface area contributed by atoms with Crippen LogP contribution >= 0.6 is 0 Å². The number of allylic oxidation sites excluding steroid dienone is 2. The number of rotatable bonds is 3. The summed E-state index contributed by atoms with van der Waals surface area (Å²) in [6.45, 7) is 5.83. The Morgan fingerprint density at radius 3 is 2.17 bits per heavy atom. The van der Waals surface area contributed by atoms with Gasteiger partial charge in [-0.3, -0.25) is 0 Å². The Kier molecular flexibility index (Phi) is 5.49. The van der Waals surface area contributed by atoms with Gasteiger partial charge in [-0.05, 0) is 29.2 Å². The highest BCUT2D eigenvalue weighted by atomic mass is 16.5. The van der Waals surface area contributed by atoms with Crippen LogP contribution in [-0.4, -0.2) is 13.1 Å². The lowest BCUT2D eigenvalue weighted by atomic mass is 9.84. The van der Waals surface area contributed by atoms with Crippen molar-refractivity contribution in [3.8, 4) is 18.2 Å². The molecule has 1 N–H and O–H groups in total. The molecule has 116 valence electrons. The Bertz CT molecular complexity index is 765. The highest BCUT2D eigenvalue weighted by Crippen LogP contribution is 2.31. The van der Waals surface area contributed by atoms with Crippen molar-refractivity contribution in [3.63, 3.8) is 0 Å². The average molecular weight is 308 g/mol. The Morgan fingerprint density at radius 2 is 1.74 bits per heavy atom. The number of nitrogens with one attached hydrogen (secondary N) is 1. The van der Waals surface area contributed by atoms with E-state index < -0.39 is 5.97 Å². The summed E-state index contributed by atoms with van der Waals surface area (Å²) in [7, 11) is 1.30. The summed E-state index contributed by atoms with van der Waals surface area (Å²) < 4.78 is 4.71. The monoisotopic (exact) mass is 308 g/mol. The topological polar surface area (TPSA) is 110 Å². The van der Waals surface area contributed by atoms with Crippen LogP contribution in [0.15, 0.2) is 29.5 Å². The first kappa shape index (κ1) is 17.8. The maximum absolute atomic E-state index is 11.7. The van der Waals surface area contributed by atoms with Crippen molar-refractivity contribution >= 4 is 11.7 Å². The molecule has 0 aromatic heterocycles. The number of anilines is 1. The first-order valence-electron chi connectivity index (χ1n) is 6.73. The summed E-state index contributed by atoms with van der Waals surface area (Å²) in [5, 5.41) is 29.8. The molecule has 0 aliphatic heterocycles. The number of hydrogen-bond donors (Lipinski definition) is 1. The number of esters is 1. The molecule has 0 radical (unpaired) electrons. The van der Waals surface area contributed by atoms with Crippen LogP contribution in [0.1, 0.15) is 36.7 Å². The van der Waals surface area contributed by atoms with E-state index in [2.05, 4.69) is 5.32 Å². The number of carbonyl (C=O) groups excluding carboxylic acids is 1. The number of nitriles is 3. The highest BCUT2D eigenvalue weighted by molar-refractivity contribution is 5.90. The van der Waals surface area contributed by atoms with E-state index >= 15 is 0 Å². The molecule has 0 saturated heterocycles. The van der Waals surface area contributed by atoms with Gasteiger partial charge >= 0.3 is 5.97 Å². The molecule has 0 saturated carbocycles. The van der Waals surface area contributed by atoms with Crippen molar-refractivity contribution in [2.45, 2.75) is 26.2 Å². The first-order valence-corrected chi connectivity index (χ1v) is 6.73. The molecule has 6 heteroatoms. The third-order valence-electron chi connectivity index (χ3n) is 3.09. The molecule has 1 aromatic carbocycles. The highest BCUT2D eigenvalue weighted by Gasteiger charge is 2.21. The molecule has 6 nitrogen and oxygen atoms in total. The summed E-state index contributed by atoms with van der Waals surface area (Å²) in [5.74, 6) is -0.465. The van der Waals surface area contributed by atoms with Gasteiger partial charge < -0.3 is 10.1 Å². The van der Waals surface area contributed by atoms with Gasteiger partial charge in [-0.15, -0.1) is 0 Å². The Hall–Kier alpha value is -3.30. The van der Waals surface area contributed by atoms with E-state index in [1.165, 1.54) is 7.11 Å². The third-order valence-corrected chi connectivity index (χ3v) is 3.09. The summed E-state index contributed by atoms with van der Waals surface area (Å²) in [6.07, 6.45) is 0. The van der Waals surface area contributed by atoms with Gasteiger partial charge in [-0.25, -0.2) is 4.79 Å². The molecule has 0 atom stereocenters. The zero-order valence-corrected chi connectivity index (χ0v) is 13.4. The van der Waals surface area contributed by atoms with Crippen molar-refractivity contribution < 1.29 is 9.53 Å². The van der Waals surface area contributed by atoms with E-state index in [1.54, 1.807) is 30.3 Å². The fourth-order valence-electron chi connectivity index (χ4n) is 1.94. The Morgan fingerprint density at radius 1 is 1.13 bits per heavy atom. The van der Waals surface area contributed by atoms with Crippen LogP contribution < -0.4 is 5.32 Å². The van der Waals surface area contributed by atoms with Gasteiger partial charge in [0.05, 0.1) is 12.7 Å². The first-order chi connectivity index (χ1) is 10.8. The lowest BCUT2D eigenvalue weighted by Gasteiger charge is -2.24. The zero-order valence-electron chi connectivity index (χ0n) is 13.4. The number of nitrogens with zero attached hydrogens (tertiary/aromatic N) is 3. The zero-order chi connectivity index (χ0) is 17.6. The predicted molar refractivity (Wildman–Crippen MR) is 84.0 cm³/mol. The van der Waals surface area contributed by atoms with Gasteiger partial charge in [0, 0.05) is 5.69 Å². The summed E-state index contributed by atoms with van der Waals surface area (Å²) in [6, 6.07) is 10.0. The molecule has 0 unspecified atom stereocenters. The van der Waals surface area contributed by atoms with Crippen molar-refractivity contribution in [1.82, 2.24) is 0 Å². The molecular weight excluding hydrogens is 292 g/mol. The van der Waals surface area contributed by atoms with E-state index in [4.69, 9.17) is 20.5 Å². The van der Waals surface area contributed by atoms with E-state index in [-0.39, 0.29) is 16.7 Å². The molecule has 0 bridgehead atoms. The standard InChI is InChI=1S/C17H16N4O2/c1-17(2,3)13-7-11(16(22)23-4)5-6-14(13)21-15(10-20)12(8-18)9-19/h5-7,21H,1-4H3. The summed E-state index contributed by atoms with van der Waals surface area (Å²) >= 11 is 0. The van der Waals surface area contributed by atoms with E-state index in [0.29, 0.717) is 11.3 Å². The van der Waals surface area contributed by atoms with Crippen LogP contribution in [0.5, 0.6) is 0 Å². The molecule has 0 aliphatic carbocycles. The van der Waals surface area contributed by atoms with Crippen molar-refractivity contribution in [1.29, 1.82) is 15.8 Å². The van der Waals surface area contributed by atoms with Crippen molar-refractivity contribution in [2.24, 2.45) is 0 Å². The number of hydrogen-bond acceptors (Lipinski definition) is 6. The SMILES string of the molecule is COC(=O)c1ccc(NC(C#N)=C(C#N)C#N)c(C(C)(C)C)c1. The van der Waals surface area contributed by atoms with Gasteiger partial charge in [0.25, 0.3) is 0 Å². The fraction of sp³-hybridized carbons (Fsp3) is 0.294. The van der Waals surface area contributed by atoms with Crippen LogP contribution in [0, 0.1) is 34.0 Å². The Balaban J connectivity index is 3.47. The number of carbonyl (C=O) groups is 1. The van der Waals surface area contributed by atoms with Gasteiger partial charge in [-0.1, -0.05) is 20.8 Å². The average Bonchev–Trinajstić information content (AvgIpc) is 2.53. The predicted octanol–water partition coefficient (Wildman–Crippen LogP) is 3.01. The molecule has 0 spiro atoms. The quantitative estimate of drug-likeness (QED) is 0.679. The lowest BCUT2D eigenvalue weighted by molar-refractivity contribution is 0.0600. The van der Waals surface area contributed by atoms with E-state index in [0.717, 1.165) is 5.56 Å². The van der Waals surface area contributed by atoms with Gasteiger partial charge in [0.15, 0.2) is 5.57 Å². The fourth-order valence-corrected chi connectivity index (χ4v) is 1.94. The summed E-state index contributed by atoms with van der Waals surface area (Å²) in [4.78, 5) is 11.7. The van der Waals surface area contributed by atoms with Crippen molar-refractivity contribution in [3.05, 3.63) is 40.6 Å². The van der Waals surface area contributed by atoms with Crippen LogP contribution in [0.3, 0.4) is 0 Å². The van der Waals surface area contributed by atoms with E-state index in [9.17, 15) is 4.79 Å². The van der Waals surface area contributed by atoms with E-state index in [1.807, 2.05) is 26.8 Å². The minimum absolute atomic E-state index is 0.133. The minimum atomic E-state index is -0.465. The number of benzene rings is 1.